The van der Waals surface area contributed by atoms with Gasteiger partial charge < -0.3 is 0 Å². The van der Waals surface area contributed by atoms with Crippen molar-refractivity contribution >= 4 is 56.7 Å². The first-order valence-corrected chi connectivity index (χ1v) is 8.69. The van der Waals surface area contributed by atoms with Crippen molar-refractivity contribution in [1.82, 2.24) is 0 Å². The molecule has 20 heavy (non-hydrogen) atoms. The fourth-order valence-electron chi connectivity index (χ4n) is 2.16. The Labute approximate surface area is 137 Å². The molecule has 0 N–H and O–H groups in total. The molecule has 2 aromatic rings. The Balaban J connectivity index is 1.92. The van der Waals surface area contributed by atoms with Gasteiger partial charge in [-0.3, -0.25) is 8.61 Å². The molecule has 0 radical (unpaired) electrons. The molecule has 0 saturated heterocycles. The number of hydrogen-bond acceptors (Lipinski definition) is 3. The molecule has 0 saturated carbocycles. The van der Waals surface area contributed by atoms with Crippen LogP contribution in [0.5, 0.6) is 0 Å². The summed E-state index contributed by atoms with van der Waals surface area (Å²) in [5.41, 5.74) is 3.65. The van der Waals surface area contributed by atoms with Gasteiger partial charge in [0.2, 0.25) is 0 Å². The Hall–Kier alpha value is -0.840. The average Bonchev–Trinajstić information content (AvgIpc) is 2.85. The number of fused-ring (bicyclic) bond motifs is 1. The molecule has 5 heteroatoms. The molecular weight excluding hydrogens is 356 g/mol. The summed E-state index contributed by atoms with van der Waals surface area (Å²) >= 11 is 11.2. The maximum absolute atomic E-state index is 5.97. The predicted molar refractivity (Wildman–Crippen MR) is 93.4 cm³/mol. The second kappa shape index (κ2) is 6.29. The van der Waals surface area contributed by atoms with Crippen molar-refractivity contribution in [1.29, 1.82) is 0 Å². The summed E-state index contributed by atoms with van der Waals surface area (Å²) in [6.45, 7) is 1.02. The first-order chi connectivity index (χ1) is 9.79. The molecule has 1 aliphatic rings. The van der Waals surface area contributed by atoms with Crippen LogP contribution in [-0.4, -0.2) is 11.9 Å². The van der Waals surface area contributed by atoms with Crippen molar-refractivity contribution in [2.45, 2.75) is 6.42 Å². The first-order valence-electron chi connectivity index (χ1n) is 6.46. The molecule has 3 rings (SSSR count). The van der Waals surface area contributed by atoms with Gasteiger partial charge in [0.1, 0.15) is 0 Å². The summed E-state index contributed by atoms with van der Waals surface area (Å²) < 4.78 is 4.59. The fraction of sp³-hybridized carbons (Fsp3) is 0.200. The number of anilines is 3. The standard InChI is InChI=1S/C15H14BrClN2S/c16-10-3-11-18-14-4-1-2-5-15(14)19(20-18)13-8-6-12(17)7-9-13/h1-2,4-9H,3,10-11H2. The predicted octanol–water partition coefficient (Wildman–Crippen LogP) is 5.65. The minimum atomic E-state index is 0.766. The van der Waals surface area contributed by atoms with E-state index in [4.69, 9.17) is 11.6 Å². The highest BCUT2D eigenvalue weighted by molar-refractivity contribution is 9.09. The van der Waals surface area contributed by atoms with Gasteiger partial charge in [0.05, 0.1) is 29.2 Å². The van der Waals surface area contributed by atoms with Gasteiger partial charge >= 0.3 is 0 Å². The highest BCUT2D eigenvalue weighted by atomic mass is 79.9. The van der Waals surface area contributed by atoms with Crippen LogP contribution in [0.25, 0.3) is 0 Å². The van der Waals surface area contributed by atoms with Crippen LogP contribution in [-0.2, 0) is 0 Å². The van der Waals surface area contributed by atoms with Crippen molar-refractivity contribution in [3.05, 3.63) is 53.6 Å². The lowest BCUT2D eigenvalue weighted by atomic mass is 10.2. The SMILES string of the molecule is Clc1ccc(N2SN(CCCBr)c3ccccc32)cc1. The van der Waals surface area contributed by atoms with E-state index in [0.717, 1.165) is 29.0 Å². The van der Waals surface area contributed by atoms with E-state index in [2.05, 4.69) is 60.9 Å². The van der Waals surface area contributed by atoms with Crippen LogP contribution in [0.2, 0.25) is 5.02 Å². The van der Waals surface area contributed by atoms with Gasteiger partial charge in [0.15, 0.2) is 0 Å². The quantitative estimate of drug-likeness (QED) is 0.508. The number of para-hydroxylation sites is 2. The van der Waals surface area contributed by atoms with Crippen LogP contribution in [0.4, 0.5) is 17.1 Å². The molecule has 0 fully saturated rings. The normalized spacial score (nSPS) is 13.7. The number of hydrogen-bond donors (Lipinski definition) is 0. The molecule has 1 heterocycles. The van der Waals surface area contributed by atoms with Gasteiger partial charge in [-0.1, -0.05) is 39.7 Å². The van der Waals surface area contributed by atoms with E-state index in [0.29, 0.717) is 0 Å². The molecule has 2 nitrogen and oxygen atoms in total. The van der Waals surface area contributed by atoms with Crippen molar-refractivity contribution in [2.24, 2.45) is 0 Å². The zero-order valence-electron chi connectivity index (χ0n) is 10.8. The molecule has 104 valence electrons. The Kier molecular flexibility index (Phi) is 4.44. The molecule has 0 atom stereocenters. The van der Waals surface area contributed by atoms with Crippen LogP contribution in [0.1, 0.15) is 6.42 Å². The molecule has 0 amide bonds. The summed E-state index contributed by atoms with van der Waals surface area (Å²) in [6, 6.07) is 16.5. The van der Waals surface area contributed by atoms with E-state index < -0.39 is 0 Å². The third kappa shape index (κ3) is 2.78. The largest absolute Gasteiger partial charge is 0.296 e. The van der Waals surface area contributed by atoms with Crippen molar-refractivity contribution in [3.63, 3.8) is 0 Å². The summed E-state index contributed by atoms with van der Waals surface area (Å²) in [5, 5.41) is 1.79. The Morgan fingerprint density at radius 2 is 1.70 bits per heavy atom. The van der Waals surface area contributed by atoms with Gasteiger partial charge in [0, 0.05) is 16.9 Å². The van der Waals surface area contributed by atoms with Gasteiger partial charge in [-0.15, -0.1) is 0 Å². The zero-order valence-corrected chi connectivity index (χ0v) is 14.0. The molecule has 2 aromatic carbocycles. The minimum Gasteiger partial charge on any atom is -0.296 e. The highest BCUT2D eigenvalue weighted by Crippen LogP contribution is 2.48. The second-order valence-electron chi connectivity index (χ2n) is 4.49. The van der Waals surface area contributed by atoms with Crippen LogP contribution in [0.3, 0.4) is 0 Å². The number of nitrogens with zero attached hydrogens (tertiary/aromatic N) is 2. The molecule has 1 aliphatic heterocycles. The topological polar surface area (TPSA) is 6.48 Å². The van der Waals surface area contributed by atoms with Gasteiger partial charge in [-0.25, -0.2) is 0 Å². The van der Waals surface area contributed by atoms with Crippen LogP contribution >= 0.6 is 39.7 Å². The monoisotopic (exact) mass is 368 g/mol. The third-order valence-corrected chi connectivity index (χ3v) is 5.07. The lowest BCUT2D eigenvalue weighted by molar-refractivity contribution is 0.952. The van der Waals surface area contributed by atoms with Gasteiger partial charge in [-0.2, -0.15) is 0 Å². The Morgan fingerprint density at radius 3 is 2.40 bits per heavy atom. The minimum absolute atomic E-state index is 0.766. The Morgan fingerprint density at radius 1 is 1.00 bits per heavy atom. The molecular formula is C15H14BrClN2S. The summed E-state index contributed by atoms with van der Waals surface area (Å²) in [7, 11) is 0. The van der Waals surface area contributed by atoms with Gasteiger partial charge in [-0.05, 0) is 42.8 Å². The first kappa shape index (κ1) is 14.1. The number of rotatable bonds is 4. The maximum atomic E-state index is 5.97. The van der Waals surface area contributed by atoms with E-state index in [9.17, 15) is 0 Å². The number of benzene rings is 2. The van der Waals surface area contributed by atoms with E-state index in [-0.39, 0.29) is 0 Å². The van der Waals surface area contributed by atoms with Crippen molar-refractivity contribution in [2.75, 3.05) is 20.5 Å². The van der Waals surface area contributed by atoms with Crippen molar-refractivity contribution < 1.29 is 0 Å². The maximum Gasteiger partial charge on any atom is 0.0784 e. The zero-order chi connectivity index (χ0) is 13.9. The van der Waals surface area contributed by atoms with E-state index in [1.165, 1.54) is 11.4 Å². The van der Waals surface area contributed by atoms with Crippen LogP contribution in [0.15, 0.2) is 48.5 Å². The smallest absolute Gasteiger partial charge is 0.0784 e. The number of alkyl halides is 1. The molecule has 0 unspecified atom stereocenters. The summed E-state index contributed by atoms with van der Waals surface area (Å²) in [5.74, 6) is 0. The summed E-state index contributed by atoms with van der Waals surface area (Å²) in [4.78, 5) is 0. The molecule has 0 aromatic heterocycles. The van der Waals surface area contributed by atoms with E-state index >= 15 is 0 Å². The van der Waals surface area contributed by atoms with Crippen LogP contribution in [0, 0.1) is 0 Å². The lowest BCUT2D eigenvalue weighted by Gasteiger charge is -2.19. The number of halogens is 2. The fourth-order valence-corrected chi connectivity index (χ4v) is 3.65. The molecule has 0 spiro atoms. The molecule has 0 bridgehead atoms. The molecule has 0 aliphatic carbocycles. The van der Waals surface area contributed by atoms with Gasteiger partial charge in [0.25, 0.3) is 0 Å². The van der Waals surface area contributed by atoms with Crippen molar-refractivity contribution in [3.8, 4) is 0 Å². The lowest BCUT2D eigenvalue weighted by Crippen LogP contribution is -2.15. The van der Waals surface area contributed by atoms with Crippen LogP contribution < -0.4 is 8.61 Å². The third-order valence-electron chi connectivity index (χ3n) is 3.11. The van der Waals surface area contributed by atoms with E-state index in [1.807, 2.05) is 12.1 Å². The second-order valence-corrected chi connectivity index (χ2v) is 6.68. The summed E-state index contributed by atoms with van der Waals surface area (Å²) in [6.07, 6.45) is 1.12. The van der Waals surface area contributed by atoms with E-state index in [1.54, 1.807) is 12.1 Å². The highest BCUT2D eigenvalue weighted by Gasteiger charge is 2.27. The average molecular weight is 370 g/mol. The Bertz CT molecular complexity index is 591.